The van der Waals surface area contributed by atoms with E-state index in [0.717, 1.165) is 0 Å². The van der Waals surface area contributed by atoms with Crippen molar-refractivity contribution >= 4 is 0 Å². The largest absolute Gasteiger partial charge is 0.0587 e. The number of hydrogen-bond acceptors (Lipinski definition) is 0. The molecular formula is C54H48. The van der Waals surface area contributed by atoms with Gasteiger partial charge in [0.2, 0.25) is 0 Å². The van der Waals surface area contributed by atoms with Gasteiger partial charge in [-0.2, -0.15) is 0 Å². The summed E-state index contributed by atoms with van der Waals surface area (Å²) >= 11 is 0. The fourth-order valence-corrected chi connectivity index (χ4v) is 10.2. The van der Waals surface area contributed by atoms with Crippen LogP contribution in [0.15, 0.2) is 127 Å². The minimum absolute atomic E-state index is 0.0645. The molecule has 0 heterocycles. The van der Waals surface area contributed by atoms with Crippen molar-refractivity contribution in [3.05, 3.63) is 177 Å². The number of fused-ring (bicyclic) bond motifs is 9. The zero-order valence-corrected chi connectivity index (χ0v) is 33.1. The Bertz CT molecular complexity index is 2450. The first-order valence-electron chi connectivity index (χ1n) is 19.7. The first kappa shape index (κ1) is 33.1. The first-order chi connectivity index (χ1) is 25.7. The standard InChI is InChI=1S/C54H48/c1-31-10-16-40-43-19-13-34(28-49(43)52(4,5)46(40)22-31)37-25-38(35-14-20-44-41-17-11-32(2)23-47(41)53(6,7)50(44)29-35)27-39(26-37)36-15-21-45-42-18-12-33(3)24-48(42)54(8,9)51(45)30-36/h10-30H,1-9H3. The maximum Gasteiger partial charge on any atom is 0.0159 e. The van der Waals surface area contributed by atoms with Gasteiger partial charge >= 0.3 is 0 Å². The molecule has 0 aliphatic heterocycles. The highest BCUT2D eigenvalue weighted by molar-refractivity contribution is 5.90. The summed E-state index contributed by atoms with van der Waals surface area (Å²) < 4.78 is 0. The lowest BCUT2D eigenvalue weighted by molar-refractivity contribution is 0.660. The van der Waals surface area contributed by atoms with Crippen LogP contribution in [-0.2, 0) is 16.2 Å². The Balaban J connectivity index is 1.15. The molecule has 0 aromatic heterocycles. The smallest absolute Gasteiger partial charge is 0.0159 e. The van der Waals surface area contributed by atoms with Crippen molar-refractivity contribution < 1.29 is 0 Å². The van der Waals surface area contributed by atoms with E-state index in [2.05, 4.69) is 190 Å². The Kier molecular flexibility index (Phi) is 6.78. The molecule has 0 spiro atoms. The van der Waals surface area contributed by atoms with Crippen molar-refractivity contribution in [2.75, 3.05) is 0 Å². The van der Waals surface area contributed by atoms with E-state index in [1.807, 2.05) is 0 Å². The zero-order chi connectivity index (χ0) is 37.5. The van der Waals surface area contributed by atoms with Gasteiger partial charge < -0.3 is 0 Å². The Morgan fingerprint density at radius 2 is 0.463 bits per heavy atom. The van der Waals surface area contributed by atoms with Crippen LogP contribution >= 0.6 is 0 Å². The Morgan fingerprint density at radius 3 is 0.722 bits per heavy atom. The van der Waals surface area contributed by atoms with Crippen LogP contribution in [0.1, 0.15) is 91.6 Å². The summed E-state index contributed by atoms with van der Waals surface area (Å²) in [6.45, 7) is 21.0. The van der Waals surface area contributed by atoms with Gasteiger partial charge in [0, 0.05) is 16.2 Å². The summed E-state index contributed by atoms with van der Waals surface area (Å²) in [7, 11) is 0. The van der Waals surface area contributed by atoms with Gasteiger partial charge in [-0.25, -0.2) is 0 Å². The van der Waals surface area contributed by atoms with E-state index in [-0.39, 0.29) is 16.2 Å². The molecule has 0 heteroatoms. The Labute approximate surface area is 321 Å². The molecule has 3 aliphatic rings. The Morgan fingerprint density at radius 1 is 0.241 bits per heavy atom. The van der Waals surface area contributed by atoms with Crippen molar-refractivity contribution in [1.82, 2.24) is 0 Å². The van der Waals surface area contributed by atoms with Crippen LogP contribution in [0.3, 0.4) is 0 Å². The quantitative estimate of drug-likeness (QED) is 0.173. The molecule has 7 aromatic rings. The summed E-state index contributed by atoms with van der Waals surface area (Å²) in [6, 6.07) is 49.8. The van der Waals surface area contributed by atoms with Crippen molar-refractivity contribution in [3.8, 4) is 66.8 Å². The second kappa shape index (κ2) is 11.0. The van der Waals surface area contributed by atoms with Crippen LogP contribution in [0.2, 0.25) is 0 Å². The normalized spacial score (nSPS) is 15.9. The summed E-state index contributed by atoms with van der Waals surface area (Å²) in [5.74, 6) is 0. The minimum Gasteiger partial charge on any atom is -0.0587 e. The number of rotatable bonds is 3. The third-order valence-corrected chi connectivity index (χ3v) is 13.4. The molecule has 0 unspecified atom stereocenters. The lowest BCUT2D eigenvalue weighted by Gasteiger charge is -2.23. The molecule has 0 bridgehead atoms. The molecule has 54 heavy (non-hydrogen) atoms. The molecule has 0 saturated heterocycles. The lowest BCUT2D eigenvalue weighted by Crippen LogP contribution is -2.15. The van der Waals surface area contributed by atoms with Crippen LogP contribution in [0.5, 0.6) is 0 Å². The molecule has 0 saturated carbocycles. The van der Waals surface area contributed by atoms with Crippen LogP contribution in [0, 0.1) is 20.8 Å². The second-order valence-electron chi connectivity index (χ2n) is 18.1. The summed E-state index contributed by atoms with van der Waals surface area (Å²) in [4.78, 5) is 0. The van der Waals surface area contributed by atoms with E-state index in [4.69, 9.17) is 0 Å². The molecule has 0 N–H and O–H groups in total. The number of hydrogen-bond donors (Lipinski definition) is 0. The van der Waals surface area contributed by atoms with Crippen LogP contribution < -0.4 is 0 Å². The van der Waals surface area contributed by atoms with Crippen LogP contribution in [0.25, 0.3) is 66.8 Å². The van der Waals surface area contributed by atoms with Gasteiger partial charge in [-0.3, -0.25) is 0 Å². The SMILES string of the molecule is Cc1ccc2c(c1)C(C)(C)c1cc(-c3cc(-c4ccc5c(c4)C(C)(C)c4cc(C)ccc4-5)cc(-c4ccc5c(c4)C(C)(C)c4cc(C)ccc4-5)c3)ccc1-2. The molecule has 7 aromatic carbocycles. The van der Waals surface area contributed by atoms with Crippen molar-refractivity contribution in [3.63, 3.8) is 0 Å². The molecule has 0 fully saturated rings. The third kappa shape index (κ3) is 4.62. The highest BCUT2D eigenvalue weighted by atomic mass is 14.4. The predicted molar refractivity (Wildman–Crippen MR) is 230 cm³/mol. The summed E-state index contributed by atoms with van der Waals surface area (Å²) in [5.41, 5.74) is 28.0. The zero-order valence-electron chi connectivity index (χ0n) is 33.1. The monoisotopic (exact) mass is 696 g/mol. The second-order valence-corrected chi connectivity index (χ2v) is 18.1. The Hall–Kier alpha value is -5.46. The molecule has 0 atom stereocenters. The lowest BCUT2D eigenvalue weighted by atomic mass is 9.80. The van der Waals surface area contributed by atoms with Gasteiger partial charge in [0.25, 0.3) is 0 Å². The van der Waals surface area contributed by atoms with E-state index >= 15 is 0 Å². The van der Waals surface area contributed by atoms with Crippen molar-refractivity contribution in [2.45, 2.75) is 78.6 Å². The summed E-state index contributed by atoms with van der Waals surface area (Å²) in [6.07, 6.45) is 0. The van der Waals surface area contributed by atoms with Gasteiger partial charge in [0.1, 0.15) is 0 Å². The number of aryl methyl sites for hydroxylation is 3. The van der Waals surface area contributed by atoms with Crippen molar-refractivity contribution in [2.24, 2.45) is 0 Å². The maximum atomic E-state index is 2.48. The van der Waals surface area contributed by atoms with Gasteiger partial charge in [-0.15, -0.1) is 0 Å². The molecule has 3 aliphatic carbocycles. The predicted octanol–water partition coefficient (Wildman–Crippen LogP) is 14.5. The van der Waals surface area contributed by atoms with Crippen LogP contribution in [0.4, 0.5) is 0 Å². The van der Waals surface area contributed by atoms with Gasteiger partial charge in [-0.1, -0.05) is 149 Å². The molecule has 10 rings (SSSR count). The van der Waals surface area contributed by atoms with Gasteiger partial charge in [0.15, 0.2) is 0 Å². The van der Waals surface area contributed by atoms with E-state index in [1.54, 1.807) is 0 Å². The van der Waals surface area contributed by atoms with E-state index < -0.39 is 0 Å². The molecule has 264 valence electrons. The summed E-state index contributed by atoms with van der Waals surface area (Å²) in [5, 5.41) is 0. The average molecular weight is 697 g/mol. The van der Waals surface area contributed by atoms with E-state index in [1.165, 1.54) is 117 Å². The topological polar surface area (TPSA) is 0 Å². The van der Waals surface area contributed by atoms with E-state index in [9.17, 15) is 0 Å². The fourth-order valence-electron chi connectivity index (χ4n) is 10.2. The highest BCUT2D eigenvalue weighted by Crippen LogP contribution is 2.53. The van der Waals surface area contributed by atoms with Crippen LogP contribution in [-0.4, -0.2) is 0 Å². The maximum absolute atomic E-state index is 2.48. The first-order valence-corrected chi connectivity index (χ1v) is 19.7. The van der Waals surface area contributed by atoms with E-state index in [0.29, 0.717) is 0 Å². The minimum atomic E-state index is -0.0645. The highest BCUT2D eigenvalue weighted by Gasteiger charge is 2.38. The average Bonchev–Trinajstić information content (AvgIpc) is 3.62. The fraction of sp³-hybridized carbons (Fsp3) is 0.222. The molecular weight excluding hydrogens is 649 g/mol. The third-order valence-electron chi connectivity index (χ3n) is 13.4. The van der Waals surface area contributed by atoms with Gasteiger partial charge in [-0.05, 0) is 157 Å². The number of benzene rings is 7. The molecule has 0 amide bonds. The van der Waals surface area contributed by atoms with Crippen molar-refractivity contribution in [1.29, 1.82) is 0 Å². The molecule has 0 nitrogen and oxygen atoms in total. The van der Waals surface area contributed by atoms with Gasteiger partial charge in [0.05, 0.1) is 0 Å². The molecule has 0 radical (unpaired) electrons.